The van der Waals surface area contributed by atoms with Gasteiger partial charge < -0.3 is 5.32 Å². The Morgan fingerprint density at radius 1 is 1.23 bits per heavy atom. The molecule has 2 aromatic rings. The van der Waals surface area contributed by atoms with Crippen LogP contribution in [0.15, 0.2) is 18.2 Å². The van der Waals surface area contributed by atoms with Crippen molar-refractivity contribution in [1.82, 2.24) is 9.71 Å². The van der Waals surface area contributed by atoms with Gasteiger partial charge in [-0.15, -0.1) is 0 Å². The zero-order chi connectivity index (χ0) is 18.9. The second-order valence-electron chi connectivity index (χ2n) is 7.96. The van der Waals surface area contributed by atoms with Gasteiger partial charge in [0.25, 0.3) is 0 Å². The van der Waals surface area contributed by atoms with Crippen LogP contribution in [0.3, 0.4) is 0 Å². The summed E-state index contributed by atoms with van der Waals surface area (Å²) in [5.74, 6) is 0.402. The largest absolute Gasteiger partial charge is 0.359 e. The van der Waals surface area contributed by atoms with E-state index in [0.29, 0.717) is 18.5 Å². The fourth-order valence-corrected chi connectivity index (χ4v) is 5.20. The third-order valence-electron chi connectivity index (χ3n) is 4.89. The molecule has 0 bridgehead atoms. The summed E-state index contributed by atoms with van der Waals surface area (Å²) < 4.78 is 27.5. The molecule has 144 valence electrons. The molecule has 5 nitrogen and oxygen atoms in total. The van der Waals surface area contributed by atoms with E-state index in [2.05, 4.69) is 15.0 Å². The zero-order valence-electron chi connectivity index (χ0n) is 15.4. The van der Waals surface area contributed by atoms with Crippen molar-refractivity contribution in [2.75, 3.05) is 11.9 Å². The average Bonchev–Trinajstić information content (AvgIpc) is 2.94. The summed E-state index contributed by atoms with van der Waals surface area (Å²) in [6.45, 7) is 5.70. The number of hydrogen-bond acceptors (Lipinski definition) is 5. The maximum absolute atomic E-state index is 12.2. The number of fused-ring (bicyclic) bond motifs is 1. The molecular formula is C18H26ClN3O2S2. The van der Waals surface area contributed by atoms with Crippen LogP contribution in [-0.4, -0.2) is 30.7 Å². The van der Waals surface area contributed by atoms with E-state index in [1.807, 2.05) is 18.2 Å². The second-order valence-corrected chi connectivity index (χ2v) is 11.9. The molecule has 0 amide bonds. The van der Waals surface area contributed by atoms with Crippen molar-refractivity contribution in [3.8, 4) is 0 Å². The monoisotopic (exact) mass is 415 g/mol. The maximum atomic E-state index is 12.2. The summed E-state index contributed by atoms with van der Waals surface area (Å²) >= 11 is 7.66. The van der Waals surface area contributed by atoms with Crippen LogP contribution in [0.25, 0.3) is 10.2 Å². The molecule has 0 unspecified atom stereocenters. The Bertz CT molecular complexity index is 866. The molecule has 1 aliphatic rings. The summed E-state index contributed by atoms with van der Waals surface area (Å²) in [6, 6.07) is 6.13. The molecule has 0 saturated heterocycles. The van der Waals surface area contributed by atoms with E-state index in [9.17, 15) is 8.42 Å². The third-order valence-corrected chi connectivity index (χ3v) is 8.24. The lowest BCUT2D eigenvalue weighted by Gasteiger charge is -2.30. The van der Waals surface area contributed by atoms with E-state index in [1.54, 1.807) is 32.1 Å². The van der Waals surface area contributed by atoms with Crippen molar-refractivity contribution >= 4 is 48.3 Å². The van der Waals surface area contributed by atoms with Crippen molar-refractivity contribution in [3.63, 3.8) is 0 Å². The number of rotatable bonds is 5. The first kappa shape index (κ1) is 19.9. The second kappa shape index (κ2) is 7.62. The van der Waals surface area contributed by atoms with E-state index in [0.717, 1.165) is 46.1 Å². The van der Waals surface area contributed by atoms with Gasteiger partial charge in [-0.1, -0.05) is 22.9 Å². The zero-order valence-corrected chi connectivity index (χ0v) is 17.8. The SMILES string of the molecule is CC(C)(C)S(=O)(=O)NCC1CCC(Nc2nc3ccc(Cl)cc3s2)CC1. The molecule has 2 N–H and O–H groups in total. The van der Waals surface area contributed by atoms with Crippen LogP contribution in [0, 0.1) is 5.92 Å². The van der Waals surface area contributed by atoms with E-state index < -0.39 is 14.8 Å². The highest BCUT2D eigenvalue weighted by Crippen LogP contribution is 2.31. The van der Waals surface area contributed by atoms with Gasteiger partial charge in [0.15, 0.2) is 5.13 Å². The van der Waals surface area contributed by atoms with Crippen LogP contribution in [0.5, 0.6) is 0 Å². The molecule has 0 spiro atoms. The maximum Gasteiger partial charge on any atom is 0.216 e. The molecule has 1 aromatic heterocycles. The van der Waals surface area contributed by atoms with Crippen molar-refractivity contribution in [2.45, 2.75) is 57.2 Å². The minimum absolute atomic E-state index is 0.390. The van der Waals surface area contributed by atoms with Gasteiger partial charge in [-0.05, 0) is 70.6 Å². The first-order chi connectivity index (χ1) is 12.1. The number of halogens is 1. The van der Waals surface area contributed by atoms with E-state index in [-0.39, 0.29) is 0 Å². The lowest BCUT2D eigenvalue weighted by atomic mass is 9.86. The molecule has 0 aliphatic heterocycles. The molecule has 26 heavy (non-hydrogen) atoms. The standard InChI is InChI=1S/C18H26ClN3O2S2/c1-18(2,3)26(23,24)20-11-12-4-7-14(8-5-12)21-17-22-15-9-6-13(19)10-16(15)25-17/h6,9-10,12,14,20H,4-5,7-8,11H2,1-3H3,(H,21,22). The van der Waals surface area contributed by atoms with E-state index >= 15 is 0 Å². The molecule has 0 radical (unpaired) electrons. The Labute approximate surface area is 164 Å². The fraction of sp³-hybridized carbons (Fsp3) is 0.611. The topological polar surface area (TPSA) is 71.1 Å². The summed E-state index contributed by atoms with van der Waals surface area (Å²) in [5.41, 5.74) is 0.965. The number of thiazole rings is 1. The summed E-state index contributed by atoms with van der Waals surface area (Å²) in [6.07, 6.45) is 4.08. The van der Waals surface area contributed by atoms with Crippen LogP contribution in [0.2, 0.25) is 5.02 Å². The Balaban J connectivity index is 1.50. The van der Waals surface area contributed by atoms with Gasteiger partial charge in [-0.3, -0.25) is 0 Å². The lowest BCUT2D eigenvalue weighted by molar-refractivity contribution is 0.336. The highest BCUT2D eigenvalue weighted by molar-refractivity contribution is 7.90. The predicted octanol–water partition coefficient (Wildman–Crippen LogP) is 4.64. The van der Waals surface area contributed by atoms with Crippen LogP contribution in [-0.2, 0) is 10.0 Å². The van der Waals surface area contributed by atoms with Crippen molar-refractivity contribution < 1.29 is 8.42 Å². The van der Waals surface area contributed by atoms with Crippen molar-refractivity contribution in [1.29, 1.82) is 0 Å². The summed E-state index contributed by atoms with van der Waals surface area (Å²) in [7, 11) is -3.26. The van der Waals surface area contributed by atoms with Crippen LogP contribution < -0.4 is 10.0 Å². The minimum Gasteiger partial charge on any atom is -0.359 e. The Morgan fingerprint density at radius 3 is 2.58 bits per heavy atom. The molecule has 3 rings (SSSR count). The molecular weight excluding hydrogens is 390 g/mol. The number of benzene rings is 1. The molecule has 1 heterocycles. The number of hydrogen-bond donors (Lipinski definition) is 2. The molecule has 8 heteroatoms. The van der Waals surface area contributed by atoms with Crippen molar-refractivity contribution in [3.05, 3.63) is 23.2 Å². The van der Waals surface area contributed by atoms with Crippen molar-refractivity contribution in [2.24, 2.45) is 5.92 Å². The number of sulfonamides is 1. The van der Waals surface area contributed by atoms with Gasteiger partial charge in [0.1, 0.15) is 0 Å². The highest BCUT2D eigenvalue weighted by Gasteiger charge is 2.30. The van der Waals surface area contributed by atoms with Gasteiger partial charge in [0, 0.05) is 17.6 Å². The first-order valence-corrected chi connectivity index (χ1v) is 11.6. The molecule has 1 fully saturated rings. The van der Waals surface area contributed by atoms with Gasteiger partial charge in [0.2, 0.25) is 10.0 Å². The predicted molar refractivity (Wildman–Crippen MR) is 111 cm³/mol. The third kappa shape index (κ3) is 4.68. The lowest BCUT2D eigenvalue weighted by Crippen LogP contribution is -2.42. The number of aromatic nitrogens is 1. The van der Waals surface area contributed by atoms with Gasteiger partial charge >= 0.3 is 0 Å². The molecule has 0 atom stereocenters. The summed E-state index contributed by atoms with van der Waals surface area (Å²) in [4.78, 5) is 4.62. The quantitative estimate of drug-likeness (QED) is 0.746. The summed E-state index contributed by atoms with van der Waals surface area (Å²) in [5, 5.41) is 5.19. The van der Waals surface area contributed by atoms with Gasteiger partial charge in [-0.2, -0.15) is 0 Å². The Kier molecular flexibility index (Phi) is 5.82. The number of anilines is 1. The smallest absolute Gasteiger partial charge is 0.216 e. The molecule has 1 saturated carbocycles. The number of nitrogens with one attached hydrogen (secondary N) is 2. The van der Waals surface area contributed by atoms with E-state index in [1.165, 1.54) is 0 Å². The highest BCUT2D eigenvalue weighted by atomic mass is 35.5. The fourth-order valence-electron chi connectivity index (χ4n) is 3.09. The Hall–Kier alpha value is -0.890. The van der Waals surface area contributed by atoms with Gasteiger partial charge in [0.05, 0.1) is 15.0 Å². The molecule has 1 aliphatic carbocycles. The van der Waals surface area contributed by atoms with Crippen LogP contribution in [0.1, 0.15) is 46.5 Å². The van der Waals surface area contributed by atoms with Gasteiger partial charge in [-0.25, -0.2) is 18.1 Å². The van der Waals surface area contributed by atoms with Crippen LogP contribution in [0.4, 0.5) is 5.13 Å². The minimum atomic E-state index is -3.26. The number of nitrogens with zero attached hydrogens (tertiary/aromatic N) is 1. The normalized spacial score (nSPS) is 21.8. The average molecular weight is 416 g/mol. The van der Waals surface area contributed by atoms with Crippen LogP contribution >= 0.6 is 22.9 Å². The molecule has 1 aromatic carbocycles. The van der Waals surface area contributed by atoms with E-state index in [4.69, 9.17) is 11.6 Å². The first-order valence-electron chi connectivity index (χ1n) is 8.96. The Morgan fingerprint density at radius 2 is 1.92 bits per heavy atom.